The number of para-hydroxylation sites is 1. The van der Waals surface area contributed by atoms with E-state index < -0.39 is 0 Å². The predicted molar refractivity (Wildman–Crippen MR) is 55.4 cm³/mol. The van der Waals surface area contributed by atoms with E-state index in [4.69, 9.17) is 0 Å². The van der Waals surface area contributed by atoms with E-state index in [-0.39, 0.29) is 38.1 Å². The third-order valence-corrected chi connectivity index (χ3v) is 3.18. The van der Waals surface area contributed by atoms with Crippen molar-refractivity contribution in [2.45, 2.75) is 26.2 Å². The third kappa shape index (κ3) is 1.47. The molecule has 71 valence electrons. The molecule has 0 saturated carbocycles. The van der Waals surface area contributed by atoms with Crippen molar-refractivity contribution in [1.29, 1.82) is 0 Å². The van der Waals surface area contributed by atoms with Crippen LogP contribution in [-0.2, 0) is 38.1 Å². The van der Waals surface area contributed by atoms with Crippen molar-refractivity contribution in [2.24, 2.45) is 0 Å². The fourth-order valence-corrected chi connectivity index (χ4v) is 1.95. The average Bonchev–Trinajstić information content (AvgIpc) is 2.30. The molecule has 0 bridgehead atoms. The van der Waals surface area contributed by atoms with Crippen LogP contribution in [0.15, 0.2) is 24.3 Å². The smallest absolute Gasteiger partial charge is 0.108 e. The maximum absolute atomic E-state index is 4.05. The Morgan fingerprint density at radius 2 is 1.79 bits per heavy atom. The van der Waals surface area contributed by atoms with Crippen molar-refractivity contribution in [3.05, 3.63) is 36.9 Å². The van der Waals surface area contributed by atoms with E-state index in [1.807, 2.05) is 4.58 Å². The largest absolute Gasteiger partial charge is 0.334 e. The number of hydrogen-bond donors (Lipinski definition) is 0. The van der Waals surface area contributed by atoms with Gasteiger partial charge in [0.15, 0.2) is 0 Å². The molecule has 1 heterocycles. The zero-order valence-electron chi connectivity index (χ0n) is 9.04. The predicted octanol–water partition coefficient (Wildman–Crippen LogP) is 2.87. The molecular weight excluding hydrogens is 247 g/mol. The molecule has 1 aromatic carbocycles. The SMILES string of the molecule is [CH2-][N+]1=C(C)C(C)(C)c2ccccc21.[Y]. The summed E-state index contributed by atoms with van der Waals surface area (Å²) in [5.74, 6) is 0. The molecule has 1 aromatic rings. The van der Waals surface area contributed by atoms with E-state index in [1.165, 1.54) is 17.0 Å². The molecule has 0 N–H and O–H groups in total. The van der Waals surface area contributed by atoms with E-state index in [0.29, 0.717) is 0 Å². The molecule has 0 aliphatic carbocycles. The van der Waals surface area contributed by atoms with Gasteiger partial charge in [-0.1, -0.05) is 32.0 Å². The summed E-state index contributed by atoms with van der Waals surface area (Å²) in [6, 6.07) is 8.46. The minimum atomic E-state index is 0. The molecular formula is C12H15NY. The number of fused-ring (bicyclic) bond motifs is 1. The first-order chi connectivity index (χ1) is 6.05. The number of nitrogens with zero attached hydrogens (tertiary/aromatic N) is 1. The Kier molecular flexibility index (Phi) is 3.23. The van der Waals surface area contributed by atoms with Gasteiger partial charge in [-0.2, -0.15) is 0 Å². The molecule has 1 radical (unpaired) electrons. The van der Waals surface area contributed by atoms with Crippen molar-refractivity contribution in [2.75, 3.05) is 0 Å². The molecule has 0 aromatic heterocycles. The van der Waals surface area contributed by atoms with Gasteiger partial charge >= 0.3 is 0 Å². The Morgan fingerprint density at radius 3 is 2.36 bits per heavy atom. The van der Waals surface area contributed by atoms with Gasteiger partial charge in [0.25, 0.3) is 0 Å². The number of rotatable bonds is 0. The van der Waals surface area contributed by atoms with Crippen molar-refractivity contribution < 1.29 is 37.3 Å². The summed E-state index contributed by atoms with van der Waals surface area (Å²) in [4.78, 5) is 0. The molecule has 0 amide bonds. The molecule has 0 atom stereocenters. The Morgan fingerprint density at radius 1 is 1.21 bits per heavy atom. The van der Waals surface area contributed by atoms with Gasteiger partial charge in [-0.05, 0) is 18.6 Å². The van der Waals surface area contributed by atoms with Crippen LogP contribution in [0.1, 0.15) is 26.3 Å². The first-order valence-corrected chi connectivity index (χ1v) is 4.59. The van der Waals surface area contributed by atoms with E-state index in [2.05, 4.69) is 52.1 Å². The maximum Gasteiger partial charge on any atom is 0.108 e. The van der Waals surface area contributed by atoms with Crippen LogP contribution in [0.25, 0.3) is 0 Å². The monoisotopic (exact) mass is 262 g/mol. The molecule has 1 aliphatic heterocycles. The maximum atomic E-state index is 4.05. The van der Waals surface area contributed by atoms with Gasteiger partial charge in [0.05, 0.1) is 5.71 Å². The minimum absolute atomic E-state index is 0. The van der Waals surface area contributed by atoms with Crippen molar-refractivity contribution in [3.63, 3.8) is 0 Å². The first-order valence-electron chi connectivity index (χ1n) is 4.59. The molecule has 0 saturated heterocycles. The summed E-state index contributed by atoms with van der Waals surface area (Å²) in [6.45, 7) is 6.63. The summed E-state index contributed by atoms with van der Waals surface area (Å²) in [5, 5.41) is 0. The van der Waals surface area contributed by atoms with Crippen LogP contribution in [0.3, 0.4) is 0 Å². The van der Waals surface area contributed by atoms with Crippen LogP contribution >= 0.6 is 0 Å². The summed E-state index contributed by atoms with van der Waals surface area (Å²) in [5.41, 5.74) is 4.07. The minimum Gasteiger partial charge on any atom is -0.334 e. The Hall–Kier alpha value is -0.136. The van der Waals surface area contributed by atoms with Crippen molar-refractivity contribution in [1.82, 2.24) is 0 Å². The van der Waals surface area contributed by atoms with Gasteiger partial charge in [-0.15, -0.1) is 0 Å². The van der Waals surface area contributed by atoms with Crippen LogP contribution in [0.4, 0.5) is 5.69 Å². The second-order valence-corrected chi connectivity index (χ2v) is 4.16. The van der Waals surface area contributed by atoms with Crippen LogP contribution in [0, 0.1) is 7.05 Å². The second kappa shape index (κ2) is 3.79. The molecule has 14 heavy (non-hydrogen) atoms. The van der Waals surface area contributed by atoms with E-state index in [1.54, 1.807) is 0 Å². The van der Waals surface area contributed by atoms with Crippen LogP contribution < -0.4 is 0 Å². The summed E-state index contributed by atoms with van der Waals surface area (Å²) >= 11 is 0. The Labute approximate surface area is 111 Å². The van der Waals surface area contributed by atoms with Crippen LogP contribution in [0.2, 0.25) is 0 Å². The summed E-state index contributed by atoms with van der Waals surface area (Å²) in [6.07, 6.45) is 0. The standard InChI is InChI=1S/C12H15N.Y/c1-9-12(2,3)10-7-5-6-8-11(10)13(9)4;/h5-8H,4H2,1-3H3;. The van der Waals surface area contributed by atoms with Gasteiger partial charge in [-0.25, -0.2) is 0 Å². The fourth-order valence-electron chi connectivity index (χ4n) is 1.95. The normalized spacial score (nSPS) is 17.6. The zero-order chi connectivity index (χ0) is 9.64. The van der Waals surface area contributed by atoms with Gasteiger partial charge in [0.2, 0.25) is 0 Å². The molecule has 0 fully saturated rings. The van der Waals surface area contributed by atoms with Crippen LogP contribution in [0.5, 0.6) is 0 Å². The van der Waals surface area contributed by atoms with Gasteiger partial charge in [0.1, 0.15) is 5.69 Å². The van der Waals surface area contributed by atoms with Gasteiger partial charge in [0, 0.05) is 45.2 Å². The van der Waals surface area contributed by atoms with E-state index in [9.17, 15) is 0 Å². The van der Waals surface area contributed by atoms with Crippen molar-refractivity contribution in [3.8, 4) is 0 Å². The van der Waals surface area contributed by atoms with Gasteiger partial charge in [-0.3, -0.25) is 0 Å². The zero-order valence-corrected chi connectivity index (χ0v) is 11.9. The topological polar surface area (TPSA) is 3.01 Å². The summed E-state index contributed by atoms with van der Waals surface area (Å²) in [7, 11) is 4.05. The molecule has 2 heteroatoms. The van der Waals surface area contributed by atoms with E-state index in [0.717, 1.165) is 0 Å². The Balaban J connectivity index is 0.000000980. The van der Waals surface area contributed by atoms with Crippen LogP contribution in [-0.4, -0.2) is 10.3 Å². The third-order valence-electron chi connectivity index (χ3n) is 3.18. The molecule has 0 unspecified atom stereocenters. The first kappa shape index (κ1) is 11.9. The molecule has 1 aliphatic rings. The number of hydrogen-bond acceptors (Lipinski definition) is 0. The van der Waals surface area contributed by atoms with Gasteiger partial charge < -0.3 is 4.58 Å². The average molecular weight is 262 g/mol. The summed E-state index contributed by atoms with van der Waals surface area (Å²) < 4.78 is 2.04. The van der Waals surface area contributed by atoms with Crippen molar-refractivity contribution >= 4 is 11.4 Å². The molecule has 0 spiro atoms. The fraction of sp³-hybridized carbons (Fsp3) is 0.333. The Bertz CT molecular complexity index is 391. The molecule has 1 nitrogen and oxygen atoms in total. The van der Waals surface area contributed by atoms with E-state index >= 15 is 0 Å². The second-order valence-electron chi connectivity index (χ2n) is 4.16. The quantitative estimate of drug-likeness (QED) is 0.499. The number of benzene rings is 1. The molecule has 2 rings (SSSR count).